The van der Waals surface area contributed by atoms with Crippen LogP contribution in [-0.2, 0) is 6.42 Å². The molecule has 1 heterocycles. The van der Waals surface area contributed by atoms with Gasteiger partial charge in [0.2, 0.25) is 0 Å². The van der Waals surface area contributed by atoms with Gasteiger partial charge in [0.25, 0.3) is 0 Å². The lowest BCUT2D eigenvalue weighted by Gasteiger charge is -2.31. The molecule has 0 bridgehead atoms. The summed E-state index contributed by atoms with van der Waals surface area (Å²) >= 11 is 0. The summed E-state index contributed by atoms with van der Waals surface area (Å²) in [6.45, 7) is 3.19. The van der Waals surface area contributed by atoms with Gasteiger partial charge in [0.15, 0.2) is 0 Å². The van der Waals surface area contributed by atoms with E-state index < -0.39 is 0 Å². The Morgan fingerprint density at radius 1 is 0.781 bits per heavy atom. The molecule has 1 aliphatic heterocycles. The largest absolute Gasteiger partial charge is 0.341 e. The molecule has 4 aromatic rings. The van der Waals surface area contributed by atoms with Crippen molar-refractivity contribution in [2.75, 3.05) is 16.5 Å². The topological polar surface area (TPSA) is 18.8 Å². The van der Waals surface area contributed by atoms with Crippen molar-refractivity contribution >= 4 is 29.0 Å². The number of anilines is 4. The first-order chi connectivity index (χ1) is 15.8. The van der Waals surface area contributed by atoms with E-state index in [1.165, 1.54) is 22.5 Å². The van der Waals surface area contributed by atoms with Crippen LogP contribution < -0.4 is 9.91 Å². The molecule has 3 nitrogen and oxygen atoms in total. The number of hydrazone groups is 1. The number of benzene rings is 4. The maximum absolute atomic E-state index is 4.86. The predicted octanol–water partition coefficient (Wildman–Crippen LogP) is 7.25. The molecule has 158 valence electrons. The smallest absolute Gasteiger partial charge is 0.0652 e. The second-order valence-electron chi connectivity index (χ2n) is 8.21. The van der Waals surface area contributed by atoms with Gasteiger partial charge in [0.1, 0.15) is 0 Å². The molecular formula is C29H27N3. The van der Waals surface area contributed by atoms with Crippen LogP contribution in [0.25, 0.3) is 0 Å². The number of rotatable bonds is 5. The number of para-hydroxylation sites is 2. The van der Waals surface area contributed by atoms with Crippen LogP contribution in [0.4, 0.5) is 22.7 Å². The number of hydrogen-bond acceptors (Lipinski definition) is 3. The van der Waals surface area contributed by atoms with Crippen LogP contribution in [0.5, 0.6) is 0 Å². The summed E-state index contributed by atoms with van der Waals surface area (Å²) in [6, 6.07) is 36.0. The second-order valence-corrected chi connectivity index (χ2v) is 8.21. The minimum atomic E-state index is 1.04. The van der Waals surface area contributed by atoms with Gasteiger partial charge in [-0.3, -0.25) is 0 Å². The van der Waals surface area contributed by atoms with Gasteiger partial charge in [-0.1, -0.05) is 60.2 Å². The summed E-state index contributed by atoms with van der Waals surface area (Å²) in [5.74, 6) is 0. The Labute approximate surface area is 190 Å². The maximum Gasteiger partial charge on any atom is 0.0652 e. The second kappa shape index (κ2) is 9.11. The summed E-state index contributed by atoms with van der Waals surface area (Å²) in [5, 5.41) is 6.85. The Morgan fingerprint density at radius 3 is 2.09 bits per heavy atom. The van der Waals surface area contributed by atoms with Crippen molar-refractivity contribution in [2.45, 2.75) is 19.8 Å². The molecule has 0 radical (unpaired) electrons. The van der Waals surface area contributed by atoms with Gasteiger partial charge in [0, 0.05) is 17.9 Å². The van der Waals surface area contributed by atoms with Crippen LogP contribution >= 0.6 is 0 Å². The van der Waals surface area contributed by atoms with E-state index in [1.807, 2.05) is 47.6 Å². The maximum atomic E-state index is 4.86. The third kappa shape index (κ3) is 4.28. The third-order valence-corrected chi connectivity index (χ3v) is 5.89. The molecular weight excluding hydrogens is 390 g/mol. The fourth-order valence-corrected chi connectivity index (χ4v) is 4.24. The fourth-order valence-electron chi connectivity index (χ4n) is 4.24. The summed E-state index contributed by atoms with van der Waals surface area (Å²) in [5.41, 5.74) is 8.44. The number of nitrogens with zero attached hydrogens (tertiary/aromatic N) is 3. The normalized spacial score (nSPS) is 13.2. The molecule has 32 heavy (non-hydrogen) atoms. The predicted molar refractivity (Wildman–Crippen MR) is 136 cm³/mol. The van der Waals surface area contributed by atoms with Crippen molar-refractivity contribution in [3.63, 3.8) is 0 Å². The Morgan fingerprint density at radius 2 is 1.44 bits per heavy atom. The minimum Gasteiger partial charge on any atom is -0.341 e. The highest BCUT2D eigenvalue weighted by molar-refractivity contribution is 5.84. The standard InChI is InChI=1S/C29H27N3/c1-23-14-17-26(18-15-23)31-20-8-9-25-21-24(16-19-29(25)31)22-30-32(27-10-4-2-5-11-27)28-12-6-3-7-13-28/h2-7,10-19,21-22H,8-9,20H2,1H3. The first-order valence-electron chi connectivity index (χ1n) is 11.2. The van der Waals surface area contributed by atoms with Crippen LogP contribution in [0, 0.1) is 6.92 Å². The first kappa shape index (κ1) is 20.1. The lowest BCUT2D eigenvalue weighted by molar-refractivity contribution is 0.766. The van der Waals surface area contributed by atoms with E-state index in [-0.39, 0.29) is 0 Å². The van der Waals surface area contributed by atoms with E-state index in [9.17, 15) is 0 Å². The zero-order chi connectivity index (χ0) is 21.8. The molecule has 0 unspecified atom stereocenters. The van der Waals surface area contributed by atoms with Gasteiger partial charge < -0.3 is 4.90 Å². The highest BCUT2D eigenvalue weighted by atomic mass is 15.5. The molecule has 0 aromatic heterocycles. The van der Waals surface area contributed by atoms with Gasteiger partial charge in [-0.2, -0.15) is 5.10 Å². The molecule has 0 aliphatic carbocycles. The summed E-state index contributed by atoms with van der Waals surface area (Å²) in [4.78, 5) is 2.43. The summed E-state index contributed by atoms with van der Waals surface area (Å²) in [6.07, 6.45) is 4.22. The quantitative estimate of drug-likeness (QED) is 0.251. The highest BCUT2D eigenvalue weighted by Gasteiger charge is 2.18. The lowest BCUT2D eigenvalue weighted by atomic mass is 9.98. The van der Waals surface area contributed by atoms with Gasteiger partial charge in [-0.15, -0.1) is 0 Å². The Balaban J connectivity index is 1.44. The first-order valence-corrected chi connectivity index (χ1v) is 11.2. The molecule has 5 rings (SSSR count). The number of aryl methyl sites for hydroxylation is 2. The number of hydrogen-bond donors (Lipinski definition) is 0. The molecule has 4 aromatic carbocycles. The molecule has 1 aliphatic rings. The van der Waals surface area contributed by atoms with E-state index in [0.717, 1.165) is 36.3 Å². The highest BCUT2D eigenvalue weighted by Crippen LogP contribution is 2.34. The van der Waals surface area contributed by atoms with Crippen LogP contribution in [0.2, 0.25) is 0 Å². The van der Waals surface area contributed by atoms with Gasteiger partial charge in [0.05, 0.1) is 17.6 Å². The van der Waals surface area contributed by atoms with Crippen LogP contribution in [0.1, 0.15) is 23.1 Å². The van der Waals surface area contributed by atoms with E-state index in [2.05, 4.69) is 78.6 Å². The molecule has 0 saturated carbocycles. The van der Waals surface area contributed by atoms with Gasteiger partial charge >= 0.3 is 0 Å². The van der Waals surface area contributed by atoms with Gasteiger partial charge in [-0.05, 0) is 79.4 Å². The van der Waals surface area contributed by atoms with E-state index in [0.29, 0.717) is 0 Å². The van der Waals surface area contributed by atoms with E-state index in [4.69, 9.17) is 5.10 Å². The van der Waals surface area contributed by atoms with Crippen molar-refractivity contribution in [1.82, 2.24) is 0 Å². The lowest BCUT2D eigenvalue weighted by Crippen LogP contribution is -2.24. The van der Waals surface area contributed by atoms with Crippen LogP contribution in [0.15, 0.2) is 108 Å². The minimum absolute atomic E-state index is 1.04. The van der Waals surface area contributed by atoms with E-state index in [1.54, 1.807) is 0 Å². The fraction of sp³-hybridized carbons (Fsp3) is 0.138. The molecule has 0 N–H and O–H groups in total. The molecule has 0 amide bonds. The van der Waals surface area contributed by atoms with Crippen LogP contribution in [0.3, 0.4) is 0 Å². The third-order valence-electron chi connectivity index (χ3n) is 5.89. The zero-order valence-electron chi connectivity index (χ0n) is 18.4. The number of fused-ring (bicyclic) bond motifs is 1. The van der Waals surface area contributed by atoms with Crippen molar-refractivity contribution < 1.29 is 0 Å². The summed E-state index contributed by atoms with van der Waals surface area (Å²) < 4.78 is 0. The molecule has 0 saturated heterocycles. The SMILES string of the molecule is Cc1ccc(N2CCCc3cc(C=NN(c4ccccc4)c4ccccc4)ccc32)cc1. The van der Waals surface area contributed by atoms with Gasteiger partial charge in [-0.25, -0.2) is 5.01 Å². The summed E-state index contributed by atoms with van der Waals surface area (Å²) in [7, 11) is 0. The Kier molecular flexibility index (Phi) is 5.71. The molecule has 3 heteroatoms. The van der Waals surface area contributed by atoms with Crippen LogP contribution in [-0.4, -0.2) is 12.8 Å². The zero-order valence-corrected chi connectivity index (χ0v) is 18.4. The van der Waals surface area contributed by atoms with Crippen molar-refractivity contribution in [1.29, 1.82) is 0 Å². The molecule has 0 spiro atoms. The Hall–Kier alpha value is -3.85. The molecule has 0 atom stereocenters. The monoisotopic (exact) mass is 417 g/mol. The average molecular weight is 418 g/mol. The van der Waals surface area contributed by atoms with Crippen molar-refractivity contribution in [3.05, 3.63) is 120 Å². The van der Waals surface area contributed by atoms with E-state index >= 15 is 0 Å². The Bertz CT molecular complexity index is 1160. The van der Waals surface area contributed by atoms with Crippen molar-refractivity contribution in [3.8, 4) is 0 Å². The van der Waals surface area contributed by atoms with Crippen molar-refractivity contribution in [2.24, 2.45) is 5.10 Å². The molecule has 0 fully saturated rings. The average Bonchev–Trinajstić information content (AvgIpc) is 2.85.